The maximum atomic E-state index is 5.18. The molecule has 0 aliphatic heterocycles. The molecule has 0 bridgehead atoms. The van der Waals surface area contributed by atoms with Crippen LogP contribution < -0.4 is 15.4 Å². The molecule has 0 spiro atoms. The fraction of sp³-hybridized carbons (Fsp3) is 0.200. The van der Waals surface area contributed by atoms with Crippen LogP contribution in [0.25, 0.3) is 0 Å². The number of nitrogens with zero attached hydrogens (tertiary/aromatic N) is 2. The summed E-state index contributed by atoms with van der Waals surface area (Å²) in [5, 5.41) is 6.74. The van der Waals surface area contributed by atoms with E-state index in [-0.39, 0.29) is 6.04 Å². The molecule has 0 amide bonds. The molecule has 0 aliphatic rings. The second-order valence-corrected chi connectivity index (χ2v) is 5.82. The van der Waals surface area contributed by atoms with Gasteiger partial charge in [0.1, 0.15) is 23.2 Å². The van der Waals surface area contributed by atoms with E-state index in [1.165, 1.54) is 5.56 Å². The van der Waals surface area contributed by atoms with Crippen molar-refractivity contribution in [3.8, 4) is 5.75 Å². The molecule has 25 heavy (non-hydrogen) atoms. The highest BCUT2D eigenvalue weighted by atomic mass is 16.5. The highest BCUT2D eigenvalue weighted by Crippen LogP contribution is 2.22. The molecule has 128 valence electrons. The van der Waals surface area contributed by atoms with Crippen molar-refractivity contribution in [1.29, 1.82) is 0 Å². The zero-order valence-corrected chi connectivity index (χ0v) is 14.7. The predicted molar refractivity (Wildman–Crippen MR) is 102 cm³/mol. The quantitative estimate of drug-likeness (QED) is 0.683. The molecule has 0 radical (unpaired) electrons. The van der Waals surface area contributed by atoms with E-state index in [9.17, 15) is 0 Å². The van der Waals surface area contributed by atoms with Crippen molar-refractivity contribution < 1.29 is 4.74 Å². The molecule has 0 aliphatic carbocycles. The molecule has 0 saturated carbocycles. The molecular weight excluding hydrogens is 312 g/mol. The van der Waals surface area contributed by atoms with E-state index < -0.39 is 0 Å². The molecule has 5 heteroatoms. The van der Waals surface area contributed by atoms with E-state index in [1.807, 2.05) is 55.5 Å². The second-order valence-electron chi connectivity index (χ2n) is 5.82. The van der Waals surface area contributed by atoms with Crippen LogP contribution in [0.1, 0.15) is 24.4 Å². The van der Waals surface area contributed by atoms with Gasteiger partial charge in [0.2, 0.25) is 0 Å². The van der Waals surface area contributed by atoms with Gasteiger partial charge in [0, 0.05) is 17.8 Å². The number of aryl methyl sites for hydroxylation is 1. The molecule has 0 saturated heterocycles. The summed E-state index contributed by atoms with van der Waals surface area (Å²) in [5.74, 6) is 3.07. The van der Waals surface area contributed by atoms with Gasteiger partial charge >= 0.3 is 0 Å². The molecule has 1 heterocycles. The van der Waals surface area contributed by atoms with Crippen LogP contribution in [0.15, 0.2) is 60.7 Å². The lowest BCUT2D eigenvalue weighted by molar-refractivity contribution is 0.415. The number of methoxy groups -OCH3 is 1. The fourth-order valence-electron chi connectivity index (χ4n) is 2.57. The number of ether oxygens (including phenoxy) is 1. The molecule has 0 fully saturated rings. The summed E-state index contributed by atoms with van der Waals surface area (Å²) in [6.07, 6.45) is 0. The average Bonchev–Trinajstić information content (AvgIpc) is 2.62. The summed E-state index contributed by atoms with van der Waals surface area (Å²) in [7, 11) is 1.65. The Morgan fingerprint density at radius 2 is 1.60 bits per heavy atom. The van der Waals surface area contributed by atoms with Crippen LogP contribution in [0, 0.1) is 6.92 Å². The zero-order chi connectivity index (χ0) is 17.6. The van der Waals surface area contributed by atoms with Gasteiger partial charge < -0.3 is 15.4 Å². The maximum absolute atomic E-state index is 5.18. The molecule has 1 atom stereocenters. The van der Waals surface area contributed by atoms with Crippen LogP contribution in [0.3, 0.4) is 0 Å². The summed E-state index contributed by atoms with van der Waals surface area (Å²) in [5.41, 5.74) is 2.16. The van der Waals surface area contributed by atoms with Crippen molar-refractivity contribution in [1.82, 2.24) is 9.97 Å². The Labute approximate surface area is 148 Å². The largest absolute Gasteiger partial charge is 0.497 e. The maximum Gasteiger partial charge on any atom is 0.136 e. The monoisotopic (exact) mass is 334 g/mol. The number of benzene rings is 2. The van der Waals surface area contributed by atoms with E-state index in [0.29, 0.717) is 5.82 Å². The Balaban J connectivity index is 1.75. The highest BCUT2D eigenvalue weighted by molar-refractivity contribution is 5.60. The Hall–Kier alpha value is -3.08. The molecule has 2 N–H and O–H groups in total. The van der Waals surface area contributed by atoms with Crippen LogP contribution in [-0.2, 0) is 0 Å². The van der Waals surface area contributed by atoms with Gasteiger partial charge in [-0.1, -0.05) is 30.3 Å². The van der Waals surface area contributed by atoms with Gasteiger partial charge in [-0.3, -0.25) is 0 Å². The number of anilines is 3. The topological polar surface area (TPSA) is 59.1 Å². The van der Waals surface area contributed by atoms with Crippen LogP contribution in [-0.4, -0.2) is 17.1 Å². The first kappa shape index (κ1) is 16.8. The molecule has 5 nitrogen and oxygen atoms in total. The van der Waals surface area contributed by atoms with Gasteiger partial charge in [0.25, 0.3) is 0 Å². The van der Waals surface area contributed by atoms with E-state index in [4.69, 9.17) is 4.74 Å². The van der Waals surface area contributed by atoms with Gasteiger partial charge in [0.15, 0.2) is 0 Å². The second kappa shape index (κ2) is 7.66. The van der Waals surface area contributed by atoms with E-state index in [0.717, 1.165) is 23.1 Å². The van der Waals surface area contributed by atoms with Crippen LogP contribution in [0.5, 0.6) is 5.75 Å². The first-order valence-electron chi connectivity index (χ1n) is 8.22. The average molecular weight is 334 g/mol. The summed E-state index contributed by atoms with van der Waals surface area (Å²) >= 11 is 0. The summed E-state index contributed by atoms with van der Waals surface area (Å²) < 4.78 is 5.18. The SMILES string of the molecule is COc1ccc(Nc2cc(NC(C)c3ccccc3)nc(C)n2)cc1. The standard InChI is InChI=1S/C20H22N4O/c1-14(16-7-5-4-6-8-16)21-19-13-20(23-15(2)22-19)24-17-9-11-18(25-3)12-10-17/h4-14H,1-3H3,(H2,21,22,23,24). The summed E-state index contributed by atoms with van der Waals surface area (Å²) in [4.78, 5) is 8.94. The van der Waals surface area contributed by atoms with Crippen LogP contribution in [0.2, 0.25) is 0 Å². The Kier molecular flexibility index (Phi) is 5.14. The van der Waals surface area contributed by atoms with Crippen molar-refractivity contribution in [2.75, 3.05) is 17.7 Å². The first-order chi connectivity index (χ1) is 12.1. The van der Waals surface area contributed by atoms with Gasteiger partial charge in [-0.15, -0.1) is 0 Å². The van der Waals surface area contributed by atoms with Crippen molar-refractivity contribution in [2.24, 2.45) is 0 Å². The molecular formula is C20H22N4O. The fourth-order valence-corrected chi connectivity index (χ4v) is 2.57. The van der Waals surface area contributed by atoms with Crippen molar-refractivity contribution in [2.45, 2.75) is 19.9 Å². The zero-order valence-electron chi connectivity index (χ0n) is 14.7. The third kappa shape index (κ3) is 4.47. The van der Waals surface area contributed by atoms with Gasteiger partial charge in [-0.2, -0.15) is 0 Å². The molecule has 2 aromatic carbocycles. The van der Waals surface area contributed by atoms with Crippen LogP contribution in [0.4, 0.5) is 17.3 Å². The molecule has 3 rings (SSSR count). The number of rotatable bonds is 6. The Morgan fingerprint density at radius 3 is 2.28 bits per heavy atom. The van der Waals surface area contributed by atoms with Crippen molar-refractivity contribution in [3.05, 3.63) is 72.1 Å². The van der Waals surface area contributed by atoms with Gasteiger partial charge in [-0.25, -0.2) is 9.97 Å². The van der Waals surface area contributed by atoms with Gasteiger partial charge in [-0.05, 0) is 43.7 Å². The lowest BCUT2D eigenvalue weighted by atomic mass is 10.1. The molecule has 3 aromatic rings. The smallest absolute Gasteiger partial charge is 0.136 e. The van der Waals surface area contributed by atoms with Crippen molar-refractivity contribution >= 4 is 17.3 Å². The normalized spacial score (nSPS) is 11.6. The summed E-state index contributed by atoms with van der Waals surface area (Å²) in [6, 6.07) is 20.1. The number of hydrogen-bond donors (Lipinski definition) is 2. The van der Waals surface area contributed by atoms with Crippen molar-refractivity contribution in [3.63, 3.8) is 0 Å². The van der Waals surface area contributed by atoms with E-state index >= 15 is 0 Å². The number of aromatic nitrogens is 2. The van der Waals surface area contributed by atoms with Gasteiger partial charge in [0.05, 0.1) is 7.11 Å². The third-order valence-electron chi connectivity index (χ3n) is 3.86. The predicted octanol–water partition coefficient (Wildman–Crippen LogP) is 4.71. The third-order valence-corrected chi connectivity index (χ3v) is 3.86. The van der Waals surface area contributed by atoms with E-state index in [1.54, 1.807) is 7.11 Å². The number of hydrogen-bond acceptors (Lipinski definition) is 5. The summed E-state index contributed by atoms with van der Waals surface area (Å²) in [6.45, 7) is 4.00. The number of nitrogens with one attached hydrogen (secondary N) is 2. The highest BCUT2D eigenvalue weighted by Gasteiger charge is 2.08. The van der Waals surface area contributed by atoms with Crippen LogP contribution >= 0.6 is 0 Å². The minimum atomic E-state index is 0.157. The first-order valence-corrected chi connectivity index (χ1v) is 8.22. The molecule has 1 unspecified atom stereocenters. The minimum absolute atomic E-state index is 0.157. The lowest BCUT2D eigenvalue weighted by Crippen LogP contribution is -2.09. The molecule has 1 aromatic heterocycles. The Morgan fingerprint density at radius 1 is 0.920 bits per heavy atom. The Bertz CT molecular complexity index is 819. The lowest BCUT2D eigenvalue weighted by Gasteiger charge is -2.16. The van der Waals surface area contributed by atoms with E-state index in [2.05, 4.69) is 39.7 Å². The minimum Gasteiger partial charge on any atom is -0.497 e.